The zero-order valence-corrected chi connectivity index (χ0v) is 15.6. The molecule has 6 heteroatoms. The molecule has 3 N–H and O–H groups in total. The maximum Gasteiger partial charge on any atom is 0.318 e. The molecule has 1 fully saturated rings. The Labute approximate surface area is 158 Å². The summed E-state index contributed by atoms with van der Waals surface area (Å²) >= 11 is 6.16. The van der Waals surface area contributed by atoms with Crippen molar-refractivity contribution in [2.45, 2.75) is 31.6 Å². The summed E-state index contributed by atoms with van der Waals surface area (Å²) in [5.74, 6) is -0.0179. The van der Waals surface area contributed by atoms with Crippen molar-refractivity contribution < 1.29 is 9.59 Å². The number of aryl methyl sites for hydroxylation is 1. The van der Waals surface area contributed by atoms with Gasteiger partial charge in [0.25, 0.3) is 0 Å². The molecule has 5 nitrogen and oxygen atoms in total. The second-order valence-electron chi connectivity index (χ2n) is 6.64. The van der Waals surface area contributed by atoms with Gasteiger partial charge in [0.15, 0.2) is 0 Å². The van der Waals surface area contributed by atoms with Crippen LogP contribution in [0.25, 0.3) is 0 Å². The average molecular weight is 372 g/mol. The number of nitrogens with one attached hydrogen (secondary N) is 3. The minimum atomic E-state index is -0.525. The van der Waals surface area contributed by atoms with Gasteiger partial charge in [-0.2, -0.15) is 0 Å². The Hall–Kier alpha value is -2.53. The number of anilines is 2. The zero-order chi connectivity index (χ0) is 18.7. The number of halogens is 1. The SMILES string of the molecule is CNC(=O)Nc1ccc(C2(C(=O)Nc3ccc(C)c(Cl)c3)CCC2)cc1. The van der Waals surface area contributed by atoms with Gasteiger partial charge in [-0.05, 0) is 55.2 Å². The second kappa shape index (κ2) is 7.38. The molecule has 136 valence electrons. The van der Waals surface area contributed by atoms with Crippen molar-refractivity contribution in [1.82, 2.24) is 5.32 Å². The smallest absolute Gasteiger partial charge is 0.318 e. The van der Waals surface area contributed by atoms with Crippen LogP contribution in [0, 0.1) is 6.92 Å². The van der Waals surface area contributed by atoms with Crippen LogP contribution in [0.5, 0.6) is 0 Å². The molecule has 1 aliphatic rings. The van der Waals surface area contributed by atoms with Gasteiger partial charge in [0, 0.05) is 23.4 Å². The fourth-order valence-electron chi connectivity index (χ4n) is 3.16. The minimum Gasteiger partial charge on any atom is -0.341 e. The van der Waals surface area contributed by atoms with Crippen LogP contribution >= 0.6 is 11.6 Å². The summed E-state index contributed by atoms with van der Waals surface area (Å²) in [5.41, 5.74) is 2.80. The molecule has 1 aliphatic carbocycles. The number of carbonyl (C=O) groups excluding carboxylic acids is 2. The molecule has 0 heterocycles. The van der Waals surface area contributed by atoms with Crippen LogP contribution < -0.4 is 16.0 Å². The van der Waals surface area contributed by atoms with E-state index in [9.17, 15) is 9.59 Å². The lowest BCUT2D eigenvalue weighted by atomic mass is 9.63. The van der Waals surface area contributed by atoms with Gasteiger partial charge in [-0.15, -0.1) is 0 Å². The number of hydrogen-bond acceptors (Lipinski definition) is 2. The Kier molecular flexibility index (Phi) is 5.18. The van der Waals surface area contributed by atoms with Crippen LogP contribution in [0.1, 0.15) is 30.4 Å². The summed E-state index contributed by atoms with van der Waals surface area (Å²) in [6.45, 7) is 1.93. The monoisotopic (exact) mass is 371 g/mol. The quantitative estimate of drug-likeness (QED) is 0.742. The molecule has 0 unspecified atom stereocenters. The van der Waals surface area contributed by atoms with Gasteiger partial charge in [0.05, 0.1) is 5.41 Å². The normalized spacial score (nSPS) is 14.9. The predicted octanol–water partition coefficient (Wildman–Crippen LogP) is 4.46. The third kappa shape index (κ3) is 3.53. The highest BCUT2D eigenvalue weighted by Gasteiger charge is 2.45. The van der Waals surface area contributed by atoms with Crippen LogP contribution in [0.2, 0.25) is 5.02 Å². The molecule has 2 aromatic rings. The van der Waals surface area contributed by atoms with E-state index in [1.54, 1.807) is 13.1 Å². The number of benzene rings is 2. The third-order valence-corrected chi connectivity index (χ3v) is 5.40. The molecule has 0 aromatic heterocycles. The standard InChI is InChI=1S/C20H22ClN3O2/c1-13-4-7-16(12-17(13)21)23-18(25)20(10-3-11-20)14-5-8-15(9-6-14)24-19(26)22-2/h4-9,12H,3,10-11H2,1-2H3,(H,23,25)(H2,22,24,26). The lowest BCUT2D eigenvalue weighted by Crippen LogP contribution is -2.46. The van der Waals surface area contributed by atoms with E-state index in [1.807, 2.05) is 43.3 Å². The summed E-state index contributed by atoms with van der Waals surface area (Å²) in [6, 6.07) is 12.7. The average Bonchev–Trinajstić information content (AvgIpc) is 2.58. The number of urea groups is 1. The van der Waals surface area contributed by atoms with Crippen LogP contribution in [-0.4, -0.2) is 19.0 Å². The first-order chi connectivity index (χ1) is 12.4. The van der Waals surface area contributed by atoms with Crippen molar-refractivity contribution in [3.05, 3.63) is 58.6 Å². The molecule has 0 saturated heterocycles. The molecule has 2 aromatic carbocycles. The van der Waals surface area contributed by atoms with Crippen molar-refractivity contribution in [3.8, 4) is 0 Å². The summed E-state index contributed by atoms with van der Waals surface area (Å²) in [4.78, 5) is 24.4. The largest absolute Gasteiger partial charge is 0.341 e. The molecular weight excluding hydrogens is 350 g/mol. The summed E-state index contributed by atoms with van der Waals surface area (Å²) in [6.07, 6.45) is 2.63. The summed E-state index contributed by atoms with van der Waals surface area (Å²) in [7, 11) is 1.56. The van der Waals surface area contributed by atoms with Gasteiger partial charge in [0.2, 0.25) is 5.91 Å². The topological polar surface area (TPSA) is 70.2 Å². The Bertz CT molecular complexity index is 829. The highest BCUT2D eigenvalue weighted by molar-refractivity contribution is 6.31. The summed E-state index contributed by atoms with van der Waals surface area (Å²) < 4.78 is 0. The molecule has 0 spiro atoms. The van der Waals surface area contributed by atoms with E-state index in [4.69, 9.17) is 11.6 Å². The third-order valence-electron chi connectivity index (χ3n) is 4.99. The van der Waals surface area contributed by atoms with Gasteiger partial charge in [-0.1, -0.05) is 36.2 Å². The van der Waals surface area contributed by atoms with Crippen molar-refractivity contribution in [3.63, 3.8) is 0 Å². The van der Waals surface area contributed by atoms with E-state index >= 15 is 0 Å². The van der Waals surface area contributed by atoms with Crippen LogP contribution in [0.4, 0.5) is 16.2 Å². The number of hydrogen-bond donors (Lipinski definition) is 3. The Morgan fingerprint density at radius 1 is 1.00 bits per heavy atom. The van der Waals surface area contributed by atoms with Crippen molar-refractivity contribution in [2.24, 2.45) is 0 Å². The van der Waals surface area contributed by atoms with Gasteiger partial charge >= 0.3 is 6.03 Å². The second-order valence-corrected chi connectivity index (χ2v) is 7.04. The maximum absolute atomic E-state index is 13.0. The van der Waals surface area contributed by atoms with Gasteiger partial charge < -0.3 is 16.0 Å². The first-order valence-corrected chi connectivity index (χ1v) is 8.99. The first kappa shape index (κ1) is 18.3. The molecule has 0 aliphatic heterocycles. The van der Waals surface area contributed by atoms with Crippen LogP contribution in [0.15, 0.2) is 42.5 Å². The van der Waals surface area contributed by atoms with Crippen molar-refractivity contribution in [2.75, 3.05) is 17.7 Å². The Balaban J connectivity index is 1.78. The molecule has 0 bridgehead atoms. The lowest BCUT2D eigenvalue weighted by Gasteiger charge is -2.40. The number of amides is 3. The number of rotatable bonds is 4. The van der Waals surface area contributed by atoms with Gasteiger partial charge in [-0.3, -0.25) is 4.79 Å². The summed E-state index contributed by atoms with van der Waals surface area (Å²) in [5, 5.41) is 8.87. The van der Waals surface area contributed by atoms with E-state index in [0.29, 0.717) is 16.4 Å². The van der Waals surface area contributed by atoms with Gasteiger partial charge in [-0.25, -0.2) is 4.79 Å². The van der Waals surface area contributed by atoms with Crippen LogP contribution in [-0.2, 0) is 10.2 Å². The number of carbonyl (C=O) groups is 2. The van der Waals surface area contributed by atoms with E-state index in [1.165, 1.54) is 0 Å². The molecule has 3 rings (SSSR count). The van der Waals surface area contributed by atoms with Crippen molar-refractivity contribution >= 4 is 34.9 Å². The lowest BCUT2D eigenvalue weighted by molar-refractivity contribution is -0.124. The zero-order valence-electron chi connectivity index (χ0n) is 14.9. The molecular formula is C20H22ClN3O2. The van der Waals surface area contributed by atoms with E-state index < -0.39 is 5.41 Å². The van der Waals surface area contributed by atoms with Gasteiger partial charge in [0.1, 0.15) is 0 Å². The first-order valence-electron chi connectivity index (χ1n) is 8.61. The molecule has 0 radical (unpaired) electrons. The molecule has 26 heavy (non-hydrogen) atoms. The Morgan fingerprint density at radius 3 is 2.19 bits per heavy atom. The predicted molar refractivity (Wildman–Crippen MR) is 105 cm³/mol. The fraction of sp³-hybridized carbons (Fsp3) is 0.300. The van der Waals surface area contributed by atoms with Crippen LogP contribution in [0.3, 0.4) is 0 Å². The highest BCUT2D eigenvalue weighted by atomic mass is 35.5. The minimum absolute atomic E-state index is 0.0179. The van der Waals surface area contributed by atoms with E-state index in [-0.39, 0.29) is 11.9 Å². The van der Waals surface area contributed by atoms with E-state index in [2.05, 4.69) is 16.0 Å². The maximum atomic E-state index is 13.0. The molecule has 3 amide bonds. The Morgan fingerprint density at radius 2 is 1.65 bits per heavy atom. The van der Waals surface area contributed by atoms with Crippen molar-refractivity contribution in [1.29, 1.82) is 0 Å². The molecule has 0 atom stereocenters. The fourth-order valence-corrected chi connectivity index (χ4v) is 3.35. The highest BCUT2D eigenvalue weighted by Crippen LogP contribution is 2.45. The molecule has 1 saturated carbocycles. The van der Waals surface area contributed by atoms with E-state index in [0.717, 1.165) is 30.4 Å².